The van der Waals surface area contributed by atoms with Crippen molar-refractivity contribution in [3.8, 4) is 11.8 Å². The fourth-order valence-corrected chi connectivity index (χ4v) is 1.46. The molecule has 0 atom stereocenters. The van der Waals surface area contributed by atoms with Gasteiger partial charge in [-0.1, -0.05) is 23.8 Å². The Balaban J connectivity index is 2.25. The van der Waals surface area contributed by atoms with Crippen LogP contribution in [0, 0.1) is 5.82 Å². The quantitative estimate of drug-likeness (QED) is 0.878. The lowest BCUT2D eigenvalue weighted by molar-refractivity contribution is 0.440. The van der Waals surface area contributed by atoms with Crippen LogP contribution in [-0.2, 0) is 0 Å². The highest BCUT2D eigenvalue weighted by molar-refractivity contribution is 7.80. The zero-order chi connectivity index (χ0) is 13.1. The van der Waals surface area contributed by atoms with E-state index in [0.717, 1.165) is 0 Å². The number of thiocarbonyl (C=S) groups is 1. The summed E-state index contributed by atoms with van der Waals surface area (Å²) in [5, 5.41) is -0.0435. The monoisotopic (exact) mass is 283 g/mol. The van der Waals surface area contributed by atoms with Gasteiger partial charge in [-0.25, -0.2) is 9.37 Å². The Morgan fingerprint density at radius 1 is 1.39 bits per heavy atom. The van der Waals surface area contributed by atoms with Crippen molar-refractivity contribution in [3.63, 3.8) is 0 Å². The van der Waals surface area contributed by atoms with Crippen molar-refractivity contribution in [2.24, 2.45) is 5.73 Å². The maximum absolute atomic E-state index is 13.0. The lowest BCUT2D eigenvalue weighted by atomic mass is 10.3. The Morgan fingerprint density at radius 3 is 2.83 bits per heavy atom. The maximum Gasteiger partial charge on any atom is 0.322 e. The van der Waals surface area contributed by atoms with Crippen LogP contribution in [0.1, 0.15) is 5.69 Å². The zero-order valence-corrected chi connectivity index (χ0v) is 10.5. The van der Waals surface area contributed by atoms with E-state index in [4.69, 9.17) is 34.3 Å². The fourth-order valence-electron chi connectivity index (χ4n) is 1.17. The molecule has 0 aliphatic rings. The van der Waals surface area contributed by atoms with E-state index in [1.54, 1.807) is 6.07 Å². The van der Waals surface area contributed by atoms with Crippen LogP contribution in [-0.4, -0.2) is 15.0 Å². The zero-order valence-electron chi connectivity index (χ0n) is 8.93. The average Bonchev–Trinajstić information content (AvgIpc) is 2.34. The van der Waals surface area contributed by atoms with E-state index in [2.05, 4.69) is 9.97 Å². The van der Waals surface area contributed by atoms with Gasteiger partial charge in [-0.3, -0.25) is 0 Å². The third-order valence-electron chi connectivity index (χ3n) is 1.99. The molecule has 0 bridgehead atoms. The molecule has 0 radical (unpaired) electrons. The second-order valence-electron chi connectivity index (χ2n) is 3.27. The first-order chi connectivity index (χ1) is 8.56. The largest absolute Gasteiger partial charge is 0.424 e. The van der Waals surface area contributed by atoms with Crippen molar-refractivity contribution in [1.82, 2.24) is 9.97 Å². The van der Waals surface area contributed by atoms with Gasteiger partial charge in [0.25, 0.3) is 0 Å². The predicted octanol–water partition coefficient (Wildman–Crippen LogP) is 2.70. The van der Waals surface area contributed by atoms with Gasteiger partial charge in [-0.2, -0.15) is 4.98 Å². The first-order valence-electron chi connectivity index (χ1n) is 4.82. The molecular weight excluding hydrogens is 277 g/mol. The van der Waals surface area contributed by atoms with Crippen LogP contribution in [0.15, 0.2) is 30.5 Å². The number of benzene rings is 1. The van der Waals surface area contributed by atoms with Gasteiger partial charge < -0.3 is 10.5 Å². The molecule has 1 aromatic heterocycles. The third kappa shape index (κ3) is 2.91. The van der Waals surface area contributed by atoms with Gasteiger partial charge in [-0.05, 0) is 18.2 Å². The van der Waals surface area contributed by atoms with Crippen LogP contribution >= 0.6 is 23.8 Å². The van der Waals surface area contributed by atoms with Crippen molar-refractivity contribution in [1.29, 1.82) is 0 Å². The van der Waals surface area contributed by atoms with E-state index in [1.807, 2.05) is 0 Å². The minimum absolute atomic E-state index is 0.0435. The van der Waals surface area contributed by atoms with E-state index in [1.165, 1.54) is 24.4 Å². The van der Waals surface area contributed by atoms with E-state index in [9.17, 15) is 4.39 Å². The molecule has 1 heterocycles. The van der Waals surface area contributed by atoms with Gasteiger partial charge >= 0.3 is 6.01 Å². The molecule has 2 rings (SSSR count). The first-order valence-corrected chi connectivity index (χ1v) is 5.60. The van der Waals surface area contributed by atoms with Gasteiger partial charge in [0.15, 0.2) is 0 Å². The minimum atomic E-state index is -0.526. The highest BCUT2D eigenvalue weighted by Crippen LogP contribution is 2.24. The van der Waals surface area contributed by atoms with Gasteiger partial charge in [0.2, 0.25) is 0 Å². The molecule has 18 heavy (non-hydrogen) atoms. The second kappa shape index (κ2) is 5.24. The highest BCUT2D eigenvalue weighted by atomic mass is 35.5. The Bertz CT molecular complexity index is 609. The molecule has 0 saturated heterocycles. The molecule has 0 spiro atoms. The molecule has 0 aliphatic heterocycles. The van der Waals surface area contributed by atoms with E-state index >= 15 is 0 Å². The normalized spacial score (nSPS) is 10.1. The van der Waals surface area contributed by atoms with Gasteiger partial charge in [-0.15, -0.1) is 0 Å². The Hall–Kier alpha value is -1.79. The Morgan fingerprint density at radius 2 is 2.17 bits per heavy atom. The Kier molecular flexibility index (Phi) is 3.69. The van der Waals surface area contributed by atoms with Crippen molar-refractivity contribution >= 4 is 28.8 Å². The molecule has 4 nitrogen and oxygen atoms in total. The van der Waals surface area contributed by atoms with Crippen LogP contribution < -0.4 is 10.5 Å². The summed E-state index contributed by atoms with van der Waals surface area (Å²) in [7, 11) is 0. The van der Waals surface area contributed by atoms with Crippen molar-refractivity contribution < 1.29 is 9.13 Å². The summed E-state index contributed by atoms with van der Waals surface area (Å²) < 4.78 is 18.3. The van der Waals surface area contributed by atoms with Crippen LogP contribution in [0.3, 0.4) is 0 Å². The molecule has 0 unspecified atom stereocenters. The lowest BCUT2D eigenvalue weighted by Crippen LogP contribution is -2.12. The summed E-state index contributed by atoms with van der Waals surface area (Å²) in [6.07, 6.45) is 1.46. The highest BCUT2D eigenvalue weighted by Gasteiger charge is 2.06. The molecule has 0 amide bonds. The summed E-state index contributed by atoms with van der Waals surface area (Å²) in [4.78, 5) is 8.01. The number of halogens is 2. The number of hydrogen-bond acceptors (Lipinski definition) is 4. The molecule has 0 aliphatic carbocycles. The van der Waals surface area contributed by atoms with Crippen LogP contribution in [0.25, 0.3) is 0 Å². The standard InChI is InChI=1S/C11H7ClFN3OS/c12-7-5-6(1-2-8(7)13)17-11-15-4-3-9(16-11)10(14)18/h1-5H,(H2,14,18). The molecule has 7 heteroatoms. The SMILES string of the molecule is NC(=S)c1ccnc(Oc2ccc(F)c(Cl)c2)n1. The van der Waals surface area contributed by atoms with Crippen molar-refractivity contribution in [2.45, 2.75) is 0 Å². The van der Waals surface area contributed by atoms with Gasteiger partial charge in [0, 0.05) is 12.3 Å². The lowest BCUT2D eigenvalue weighted by Gasteiger charge is -2.05. The molecule has 92 valence electrons. The summed E-state index contributed by atoms with van der Waals surface area (Å²) in [5.41, 5.74) is 5.83. The molecule has 1 aromatic carbocycles. The predicted molar refractivity (Wildman–Crippen MR) is 69.4 cm³/mol. The van der Waals surface area contributed by atoms with E-state index < -0.39 is 5.82 Å². The van der Waals surface area contributed by atoms with E-state index in [-0.39, 0.29) is 16.0 Å². The maximum atomic E-state index is 13.0. The topological polar surface area (TPSA) is 61.0 Å². The summed E-state index contributed by atoms with van der Waals surface area (Å²) in [6.45, 7) is 0. The number of rotatable bonds is 3. The van der Waals surface area contributed by atoms with Crippen LogP contribution in [0.5, 0.6) is 11.8 Å². The van der Waals surface area contributed by atoms with Gasteiger partial charge in [0.1, 0.15) is 22.2 Å². The van der Waals surface area contributed by atoms with Gasteiger partial charge in [0.05, 0.1) is 5.02 Å². The molecule has 2 aromatic rings. The number of ether oxygens (including phenoxy) is 1. The summed E-state index contributed by atoms with van der Waals surface area (Å²) in [6, 6.07) is 5.55. The average molecular weight is 284 g/mol. The molecule has 0 saturated carbocycles. The van der Waals surface area contributed by atoms with E-state index in [0.29, 0.717) is 11.4 Å². The smallest absolute Gasteiger partial charge is 0.322 e. The van der Waals surface area contributed by atoms with Crippen molar-refractivity contribution in [2.75, 3.05) is 0 Å². The number of hydrogen-bond donors (Lipinski definition) is 1. The fraction of sp³-hybridized carbons (Fsp3) is 0. The number of nitrogens with zero attached hydrogens (tertiary/aromatic N) is 2. The number of nitrogens with two attached hydrogens (primary N) is 1. The number of aromatic nitrogens is 2. The van der Waals surface area contributed by atoms with Crippen LogP contribution in [0.2, 0.25) is 5.02 Å². The third-order valence-corrected chi connectivity index (χ3v) is 2.48. The molecule has 2 N–H and O–H groups in total. The summed E-state index contributed by atoms with van der Waals surface area (Å²) in [5.74, 6) is -0.205. The summed E-state index contributed by atoms with van der Waals surface area (Å²) >= 11 is 10.4. The van der Waals surface area contributed by atoms with Crippen LogP contribution in [0.4, 0.5) is 4.39 Å². The Labute approximate surface area is 113 Å². The molecular formula is C11H7ClFN3OS. The minimum Gasteiger partial charge on any atom is -0.424 e. The van der Waals surface area contributed by atoms with Crippen molar-refractivity contribution in [3.05, 3.63) is 47.0 Å². The molecule has 0 fully saturated rings. The first kappa shape index (κ1) is 12.7. The second-order valence-corrected chi connectivity index (χ2v) is 4.11.